The summed E-state index contributed by atoms with van der Waals surface area (Å²) in [4.78, 5) is 15.2. The highest BCUT2D eigenvalue weighted by Crippen LogP contribution is 2.53. The van der Waals surface area contributed by atoms with Gasteiger partial charge in [-0.15, -0.1) is 0 Å². The summed E-state index contributed by atoms with van der Waals surface area (Å²) in [6, 6.07) is 69.5. The summed E-state index contributed by atoms with van der Waals surface area (Å²) in [5, 5.41) is 5.22. The number of hydrogen-bond donors (Lipinski definition) is 0. The standard InChI is InChI=1S/C51H34N4/c1-5-16-33(17-6-1)44-40-27-14-22-34-30-31-43-48(45(34)40)47-41(28-15-29-42(47)55(43)39-25-11-4-12-26-39)46(44)37-23-13-24-38(32-37)51-53-49(35-18-7-2-8-19-35)52-50(54-51)36-20-9-3-10-21-36/h1-32,44,46H. The van der Waals surface area contributed by atoms with E-state index in [1.54, 1.807) is 0 Å². The molecule has 11 rings (SSSR count). The van der Waals surface area contributed by atoms with Crippen LogP contribution in [-0.2, 0) is 0 Å². The van der Waals surface area contributed by atoms with E-state index in [2.05, 4.69) is 162 Å². The van der Waals surface area contributed by atoms with Crippen LogP contribution in [0.4, 0.5) is 0 Å². The summed E-state index contributed by atoms with van der Waals surface area (Å²) in [5.74, 6) is 2.00. The van der Waals surface area contributed by atoms with Gasteiger partial charge >= 0.3 is 0 Å². The molecule has 0 radical (unpaired) electrons. The van der Waals surface area contributed by atoms with Crippen molar-refractivity contribution < 1.29 is 0 Å². The topological polar surface area (TPSA) is 43.6 Å². The number of para-hydroxylation sites is 1. The number of nitrogens with zero attached hydrogens (tertiary/aromatic N) is 4. The molecular formula is C51H34N4. The third-order valence-corrected chi connectivity index (χ3v) is 11.2. The third kappa shape index (κ3) is 5.10. The molecule has 55 heavy (non-hydrogen) atoms. The molecule has 1 aliphatic carbocycles. The van der Waals surface area contributed by atoms with Gasteiger partial charge < -0.3 is 4.57 Å². The van der Waals surface area contributed by atoms with Crippen LogP contribution < -0.4 is 0 Å². The van der Waals surface area contributed by atoms with E-state index < -0.39 is 0 Å². The normalized spacial score (nSPS) is 14.9. The number of aromatic nitrogens is 4. The van der Waals surface area contributed by atoms with Gasteiger partial charge in [-0.05, 0) is 63.4 Å². The van der Waals surface area contributed by atoms with Gasteiger partial charge in [-0.25, -0.2) is 15.0 Å². The lowest BCUT2D eigenvalue weighted by atomic mass is 9.73. The molecule has 0 saturated heterocycles. The second-order valence-corrected chi connectivity index (χ2v) is 14.3. The molecular weight excluding hydrogens is 669 g/mol. The second kappa shape index (κ2) is 12.8. The average molecular weight is 703 g/mol. The van der Waals surface area contributed by atoms with E-state index in [0.29, 0.717) is 17.5 Å². The molecule has 2 heterocycles. The molecule has 258 valence electrons. The largest absolute Gasteiger partial charge is 0.309 e. The van der Waals surface area contributed by atoms with Gasteiger partial charge in [-0.3, -0.25) is 0 Å². The highest BCUT2D eigenvalue weighted by atomic mass is 15.0. The maximum atomic E-state index is 5.13. The maximum absolute atomic E-state index is 5.13. The molecule has 2 aromatic heterocycles. The summed E-state index contributed by atoms with van der Waals surface area (Å²) >= 11 is 0. The average Bonchev–Trinajstić information content (AvgIpc) is 3.54. The lowest BCUT2D eigenvalue weighted by Crippen LogP contribution is -2.15. The molecule has 10 aromatic rings. The van der Waals surface area contributed by atoms with Gasteiger partial charge in [0, 0.05) is 45.0 Å². The molecule has 0 spiro atoms. The molecule has 4 nitrogen and oxygen atoms in total. The van der Waals surface area contributed by atoms with Crippen LogP contribution in [0, 0.1) is 0 Å². The molecule has 0 saturated carbocycles. The zero-order valence-corrected chi connectivity index (χ0v) is 29.9. The smallest absolute Gasteiger partial charge is 0.164 e. The van der Waals surface area contributed by atoms with Crippen molar-refractivity contribution in [3.05, 3.63) is 216 Å². The van der Waals surface area contributed by atoms with E-state index in [1.807, 2.05) is 36.4 Å². The minimum atomic E-state index is -0.0112. The fourth-order valence-electron chi connectivity index (χ4n) is 8.93. The van der Waals surface area contributed by atoms with Crippen LogP contribution in [0.3, 0.4) is 0 Å². The van der Waals surface area contributed by atoms with E-state index in [1.165, 1.54) is 54.8 Å². The molecule has 0 fully saturated rings. The molecule has 0 N–H and O–H groups in total. The highest BCUT2D eigenvalue weighted by molar-refractivity contribution is 6.24. The quantitative estimate of drug-likeness (QED) is 0.173. The van der Waals surface area contributed by atoms with Gasteiger partial charge in [0.2, 0.25) is 0 Å². The minimum absolute atomic E-state index is 0.0112. The van der Waals surface area contributed by atoms with Crippen molar-refractivity contribution >= 4 is 32.6 Å². The van der Waals surface area contributed by atoms with Crippen LogP contribution in [0.2, 0.25) is 0 Å². The molecule has 2 atom stereocenters. The molecule has 1 aliphatic rings. The third-order valence-electron chi connectivity index (χ3n) is 11.2. The van der Waals surface area contributed by atoms with Gasteiger partial charge in [-0.2, -0.15) is 0 Å². The molecule has 0 bridgehead atoms. The van der Waals surface area contributed by atoms with Gasteiger partial charge in [-0.1, -0.05) is 164 Å². The van der Waals surface area contributed by atoms with Crippen LogP contribution in [0.25, 0.3) is 72.4 Å². The van der Waals surface area contributed by atoms with Crippen molar-refractivity contribution in [3.8, 4) is 39.9 Å². The Balaban J connectivity index is 1.19. The number of benzene rings is 8. The first kappa shape index (κ1) is 31.4. The van der Waals surface area contributed by atoms with E-state index in [0.717, 1.165) is 22.4 Å². The summed E-state index contributed by atoms with van der Waals surface area (Å²) in [5.41, 5.74) is 11.6. The molecule has 4 heteroatoms. The predicted octanol–water partition coefficient (Wildman–Crippen LogP) is 12.4. The van der Waals surface area contributed by atoms with Crippen molar-refractivity contribution in [2.75, 3.05) is 0 Å². The second-order valence-electron chi connectivity index (χ2n) is 14.3. The molecule has 8 aromatic carbocycles. The Kier molecular flexibility index (Phi) is 7.27. The van der Waals surface area contributed by atoms with Crippen molar-refractivity contribution in [2.24, 2.45) is 0 Å². The van der Waals surface area contributed by atoms with Crippen LogP contribution in [-0.4, -0.2) is 19.5 Å². The first-order valence-corrected chi connectivity index (χ1v) is 18.9. The Labute approximate surface area is 319 Å². The van der Waals surface area contributed by atoms with Gasteiger partial charge in [0.05, 0.1) is 11.0 Å². The first-order chi connectivity index (χ1) is 27.3. The number of hydrogen-bond acceptors (Lipinski definition) is 3. The van der Waals surface area contributed by atoms with E-state index in [-0.39, 0.29) is 11.8 Å². The highest BCUT2D eigenvalue weighted by Gasteiger charge is 2.35. The van der Waals surface area contributed by atoms with Gasteiger partial charge in [0.25, 0.3) is 0 Å². The van der Waals surface area contributed by atoms with E-state index in [4.69, 9.17) is 15.0 Å². The fraction of sp³-hybridized carbons (Fsp3) is 0.0392. The first-order valence-electron chi connectivity index (χ1n) is 18.9. The monoisotopic (exact) mass is 702 g/mol. The van der Waals surface area contributed by atoms with E-state index >= 15 is 0 Å². The Bertz CT molecular complexity index is 2970. The van der Waals surface area contributed by atoms with Crippen molar-refractivity contribution in [1.29, 1.82) is 0 Å². The summed E-state index contributed by atoms with van der Waals surface area (Å²) in [6.07, 6.45) is 0. The maximum Gasteiger partial charge on any atom is 0.164 e. The Morgan fingerprint density at radius 2 is 0.836 bits per heavy atom. The van der Waals surface area contributed by atoms with Gasteiger partial charge in [0.1, 0.15) is 0 Å². The molecule has 0 amide bonds. The summed E-state index contributed by atoms with van der Waals surface area (Å²) in [6.45, 7) is 0. The fourth-order valence-corrected chi connectivity index (χ4v) is 8.93. The summed E-state index contributed by atoms with van der Waals surface area (Å²) in [7, 11) is 0. The van der Waals surface area contributed by atoms with Gasteiger partial charge in [0.15, 0.2) is 17.5 Å². The zero-order valence-electron chi connectivity index (χ0n) is 29.9. The predicted molar refractivity (Wildman–Crippen MR) is 225 cm³/mol. The van der Waals surface area contributed by atoms with Crippen LogP contribution in [0.15, 0.2) is 194 Å². The Morgan fingerprint density at radius 3 is 1.51 bits per heavy atom. The van der Waals surface area contributed by atoms with E-state index in [9.17, 15) is 0 Å². The molecule has 2 unspecified atom stereocenters. The Morgan fingerprint density at radius 1 is 0.345 bits per heavy atom. The SMILES string of the molecule is c1ccc(-c2nc(-c3ccccc3)nc(-c3cccc(C4c5cccc6c5c5c7c(cccc7ccc5n6-c5ccccc5)C4c4ccccc4)c3)n2)cc1. The molecule has 0 aliphatic heterocycles. The minimum Gasteiger partial charge on any atom is -0.309 e. The lowest BCUT2D eigenvalue weighted by molar-refractivity contribution is 0.705. The van der Waals surface area contributed by atoms with Crippen LogP contribution in [0.5, 0.6) is 0 Å². The van der Waals surface area contributed by atoms with Crippen LogP contribution >= 0.6 is 0 Å². The number of rotatable bonds is 6. The van der Waals surface area contributed by atoms with Crippen molar-refractivity contribution in [3.63, 3.8) is 0 Å². The zero-order chi connectivity index (χ0) is 36.3. The van der Waals surface area contributed by atoms with Crippen LogP contribution in [0.1, 0.15) is 34.1 Å². The van der Waals surface area contributed by atoms with Crippen molar-refractivity contribution in [1.82, 2.24) is 19.5 Å². The summed E-state index contributed by atoms with van der Waals surface area (Å²) < 4.78 is 2.45. The Hall–Kier alpha value is -7.17. The lowest BCUT2D eigenvalue weighted by Gasteiger charge is -2.30. The van der Waals surface area contributed by atoms with Crippen molar-refractivity contribution in [2.45, 2.75) is 11.8 Å².